The van der Waals surface area contributed by atoms with Gasteiger partial charge in [-0.25, -0.2) is 13.2 Å². The Balaban J connectivity index is 2.08. The Morgan fingerprint density at radius 2 is 1.81 bits per heavy atom. The molecular formula is C14H17NO5S. The lowest BCUT2D eigenvalue weighted by molar-refractivity contribution is -0.148. The van der Waals surface area contributed by atoms with Gasteiger partial charge in [0.2, 0.25) is 0 Å². The van der Waals surface area contributed by atoms with Crippen molar-refractivity contribution in [3.8, 4) is 0 Å². The van der Waals surface area contributed by atoms with Gasteiger partial charge >= 0.3 is 5.97 Å². The van der Waals surface area contributed by atoms with Crippen molar-refractivity contribution < 1.29 is 23.1 Å². The zero-order chi connectivity index (χ0) is 15.7. The third kappa shape index (κ3) is 3.60. The van der Waals surface area contributed by atoms with Gasteiger partial charge in [-0.05, 0) is 37.0 Å². The highest BCUT2D eigenvalue weighted by atomic mass is 32.2. The quantitative estimate of drug-likeness (QED) is 0.844. The average molecular weight is 311 g/mol. The summed E-state index contributed by atoms with van der Waals surface area (Å²) < 4.78 is 22.4. The summed E-state index contributed by atoms with van der Waals surface area (Å²) in [4.78, 5) is 23.3. The number of carbonyl (C=O) groups is 2. The van der Waals surface area contributed by atoms with Gasteiger partial charge in [-0.1, -0.05) is 12.1 Å². The monoisotopic (exact) mass is 311 g/mol. The van der Waals surface area contributed by atoms with Gasteiger partial charge in [0.1, 0.15) is 5.54 Å². The number of hydrogen-bond donors (Lipinski definition) is 2. The van der Waals surface area contributed by atoms with E-state index in [1.807, 2.05) is 0 Å². The molecule has 0 unspecified atom stereocenters. The first kappa shape index (κ1) is 15.5. The van der Waals surface area contributed by atoms with Crippen molar-refractivity contribution in [2.45, 2.75) is 30.6 Å². The standard InChI is InChI=1S/C14H17NO5S/c1-21(19,20)9-10-3-5-11(6-4-10)12(16)15-14(13(17)18)7-2-8-14/h3-6H,2,7-9H2,1H3,(H,15,16)(H,17,18). The molecule has 1 fully saturated rings. The first-order valence-corrected chi connectivity index (χ1v) is 8.60. The molecular weight excluding hydrogens is 294 g/mol. The summed E-state index contributed by atoms with van der Waals surface area (Å²) in [6.07, 6.45) is 2.78. The van der Waals surface area contributed by atoms with Gasteiger partial charge < -0.3 is 10.4 Å². The van der Waals surface area contributed by atoms with Crippen LogP contribution < -0.4 is 5.32 Å². The smallest absolute Gasteiger partial charge is 0.329 e. The van der Waals surface area contributed by atoms with Gasteiger partial charge in [0.25, 0.3) is 5.91 Å². The number of amides is 1. The summed E-state index contributed by atoms with van der Waals surface area (Å²) >= 11 is 0. The minimum absolute atomic E-state index is 0.0893. The highest BCUT2D eigenvalue weighted by molar-refractivity contribution is 7.89. The van der Waals surface area contributed by atoms with Gasteiger partial charge in [0, 0.05) is 11.8 Å². The number of aliphatic carboxylic acids is 1. The molecule has 114 valence electrons. The molecule has 2 N–H and O–H groups in total. The number of rotatable bonds is 5. The van der Waals surface area contributed by atoms with Crippen LogP contribution in [0.25, 0.3) is 0 Å². The maximum absolute atomic E-state index is 12.1. The average Bonchev–Trinajstić information content (AvgIpc) is 2.32. The van der Waals surface area contributed by atoms with Gasteiger partial charge in [-0.2, -0.15) is 0 Å². The van der Waals surface area contributed by atoms with Crippen molar-refractivity contribution in [1.82, 2.24) is 5.32 Å². The first-order valence-electron chi connectivity index (χ1n) is 6.54. The maximum Gasteiger partial charge on any atom is 0.329 e. The Morgan fingerprint density at radius 3 is 2.19 bits per heavy atom. The van der Waals surface area contributed by atoms with Crippen molar-refractivity contribution in [3.05, 3.63) is 35.4 Å². The lowest BCUT2D eigenvalue weighted by atomic mass is 9.76. The molecule has 1 saturated carbocycles. The number of carbonyl (C=O) groups excluding carboxylic acids is 1. The van der Waals surface area contributed by atoms with E-state index < -0.39 is 27.3 Å². The molecule has 1 aromatic rings. The van der Waals surface area contributed by atoms with Crippen LogP contribution in [0.1, 0.15) is 35.2 Å². The summed E-state index contributed by atoms with van der Waals surface area (Å²) in [5.74, 6) is -1.56. The van der Waals surface area contributed by atoms with Crippen LogP contribution in [0.3, 0.4) is 0 Å². The van der Waals surface area contributed by atoms with Crippen LogP contribution in [0.2, 0.25) is 0 Å². The minimum Gasteiger partial charge on any atom is -0.480 e. The molecule has 0 saturated heterocycles. The minimum atomic E-state index is -3.12. The van der Waals surface area contributed by atoms with Crippen molar-refractivity contribution >= 4 is 21.7 Å². The van der Waals surface area contributed by atoms with Gasteiger partial charge in [-0.15, -0.1) is 0 Å². The highest BCUT2D eigenvalue weighted by Gasteiger charge is 2.45. The fourth-order valence-corrected chi connectivity index (χ4v) is 3.07. The molecule has 21 heavy (non-hydrogen) atoms. The zero-order valence-corrected chi connectivity index (χ0v) is 12.4. The van der Waals surface area contributed by atoms with E-state index in [4.69, 9.17) is 5.11 Å². The lowest BCUT2D eigenvalue weighted by Crippen LogP contribution is -2.59. The van der Waals surface area contributed by atoms with Crippen LogP contribution in [0.5, 0.6) is 0 Å². The SMILES string of the molecule is CS(=O)(=O)Cc1ccc(C(=O)NC2(C(=O)O)CCC2)cc1. The summed E-state index contributed by atoms with van der Waals surface area (Å²) in [6, 6.07) is 6.13. The van der Waals surface area contributed by atoms with E-state index in [2.05, 4.69) is 5.32 Å². The Hall–Kier alpha value is -1.89. The fraction of sp³-hybridized carbons (Fsp3) is 0.429. The molecule has 1 aromatic carbocycles. The molecule has 1 amide bonds. The van der Waals surface area contributed by atoms with Crippen LogP contribution in [0.15, 0.2) is 24.3 Å². The molecule has 0 bridgehead atoms. The highest BCUT2D eigenvalue weighted by Crippen LogP contribution is 2.32. The molecule has 1 aliphatic rings. The first-order chi connectivity index (χ1) is 9.72. The van der Waals surface area contributed by atoms with E-state index in [9.17, 15) is 18.0 Å². The molecule has 1 aliphatic carbocycles. The molecule has 0 spiro atoms. The summed E-state index contributed by atoms with van der Waals surface area (Å²) in [5.41, 5.74) is -0.242. The van der Waals surface area contributed by atoms with Crippen LogP contribution in [0, 0.1) is 0 Å². The number of hydrogen-bond acceptors (Lipinski definition) is 4. The largest absolute Gasteiger partial charge is 0.480 e. The van der Waals surface area contributed by atoms with Crippen LogP contribution in [0.4, 0.5) is 0 Å². The van der Waals surface area contributed by atoms with Crippen LogP contribution in [-0.2, 0) is 20.4 Å². The molecule has 6 nitrogen and oxygen atoms in total. The van der Waals surface area contributed by atoms with E-state index in [-0.39, 0.29) is 5.75 Å². The molecule has 0 heterocycles. The second-order valence-corrected chi connectivity index (χ2v) is 7.60. The normalized spacial score (nSPS) is 16.8. The van der Waals surface area contributed by atoms with Crippen LogP contribution >= 0.6 is 0 Å². The van der Waals surface area contributed by atoms with E-state index in [1.54, 1.807) is 12.1 Å². The fourth-order valence-electron chi connectivity index (χ4n) is 2.27. The second kappa shape index (κ2) is 5.48. The molecule has 0 atom stereocenters. The number of nitrogens with one attached hydrogen (secondary N) is 1. The number of carboxylic acid groups (broad SMARTS) is 1. The summed E-state index contributed by atoms with van der Waals surface area (Å²) in [6.45, 7) is 0. The number of benzene rings is 1. The third-order valence-corrected chi connectivity index (χ3v) is 4.47. The van der Waals surface area contributed by atoms with Gasteiger partial charge in [0.15, 0.2) is 9.84 Å². The topological polar surface area (TPSA) is 101 Å². The Morgan fingerprint density at radius 1 is 1.24 bits per heavy atom. The zero-order valence-electron chi connectivity index (χ0n) is 11.6. The van der Waals surface area contributed by atoms with Crippen molar-refractivity contribution in [3.63, 3.8) is 0 Å². The summed E-state index contributed by atoms with van der Waals surface area (Å²) in [7, 11) is -3.12. The van der Waals surface area contributed by atoms with E-state index >= 15 is 0 Å². The molecule has 0 radical (unpaired) electrons. The molecule has 0 aromatic heterocycles. The predicted molar refractivity (Wildman–Crippen MR) is 76.7 cm³/mol. The molecule has 0 aliphatic heterocycles. The van der Waals surface area contributed by atoms with Crippen LogP contribution in [-0.4, -0.2) is 37.2 Å². The number of sulfone groups is 1. The second-order valence-electron chi connectivity index (χ2n) is 5.46. The van der Waals surface area contributed by atoms with Crippen molar-refractivity contribution in [1.29, 1.82) is 0 Å². The Bertz CT molecular complexity index is 659. The van der Waals surface area contributed by atoms with Crippen molar-refractivity contribution in [2.75, 3.05) is 6.26 Å². The van der Waals surface area contributed by atoms with Crippen molar-refractivity contribution in [2.24, 2.45) is 0 Å². The van der Waals surface area contributed by atoms with Gasteiger partial charge in [-0.3, -0.25) is 4.79 Å². The maximum atomic E-state index is 12.1. The Kier molecular flexibility index (Phi) is 4.04. The van der Waals surface area contributed by atoms with E-state index in [1.165, 1.54) is 12.1 Å². The van der Waals surface area contributed by atoms with E-state index in [0.29, 0.717) is 24.0 Å². The van der Waals surface area contributed by atoms with E-state index in [0.717, 1.165) is 12.7 Å². The Labute approximate surface area is 123 Å². The molecule has 2 rings (SSSR count). The predicted octanol–water partition coefficient (Wildman–Crippen LogP) is 0.968. The molecule has 7 heteroatoms. The summed E-state index contributed by atoms with van der Waals surface area (Å²) in [5, 5.41) is 11.7. The van der Waals surface area contributed by atoms with Gasteiger partial charge in [0.05, 0.1) is 5.75 Å². The lowest BCUT2D eigenvalue weighted by Gasteiger charge is -2.38. The number of carboxylic acids is 1. The third-order valence-electron chi connectivity index (χ3n) is 3.61.